The van der Waals surface area contributed by atoms with E-state index >= 15 is 0 Å². The van der Waals surface area contributed by atoms with Crippen LogP contribution in [-0.4, -0.2) is 19.3 Å². The quantitative estimate of drug-likeness (QED) is 0.874. The second kappa shape index (κ2) is 5.59. The predicted molar refractivity (Wildman–Crippen MR) is 66.0 cm³/mol. The lowest BCUT2D eigenvalue weighted by Crippen LogP contribution is -2.29. The zero-order valence-electron chi connectivity index (χ0n) is 9.05. The summed E-state index contributed by atoms with van der Waals surface area (Å²) in [4.78, 5) is 0. The van der Waals surface area contributed by atoms with Crippen LogP contribution in [0.15, 0.2) is 18.2 Å². The van der Waals surface area contributed by atoms with Crippen LogP contribution in [0.1, 0.15) is 13.8 Å². The van der Waals surface area contributed by atoms with Crippen LogP contribution in [0.5, 0.6) is 0 Å². The van der Waals surface area contributed by atoms with Gasteiger partial charge in [0.15, 0.2) is 0 Å². The first kappa shape index (κ1) is 12.6. The molecule has 2 unspecified atom stereocenters. The molecule has 2 nitrogen and oxygen atoms in total. The molecule has 84 valence electrons. The van der Waals surface area contributed by atoms with Gasteiger partial charge in [0.05, 0.1) is 16.1 Å². The Labute approximate surface area is 101 Å². The van der Waals surface area contributed by atoms with E-state index in [1.54, 1.807) is 13.2 Å². The normalized spacial score (nSPS) is 14.7. The van der Waals surface area contributed by atoms with Crippen LogP contribution in [0.4, 0.5) is 5.69 Å². The molecule has 0 heterocycles. The Morgan fingerprint density at radius 1 is 1.20 bits per heavy atom. The monoisotopic (exact) mass is 247 g/mol. The maximum Gasteiger partial charge on any atom is 0.0741 e. The minimum atomic E-state index is 0.138. The molecule has 0 aliphatic rings. The van der Waals surface area contributed by atoms with Crippen molar-refractivity contribution in [2.24, 2.45) is 0 Å². The van der Waals surface area contributed by atoms with Gasteiger partial charge in [-0.1, -0.05) is 23.2 Å². The third-order valence-corrected chi connectivity index (χ3v) is 3.13. The molecule has 0 aliphatic heterocycles. The van der Waals surface area contributed by atoms with Crippen molar-refractivity contribution in [3.05, 3.63) is 28.2 Å². The highest BCUT2D eigenvalue weighted by atomic mass is 35.5. The third-order valence-electron chi connectivity index (χ3n) is 2.39. The van der Waals surface area contributed by atoms with E-state index in [0.29, 0.717) is 10.0 Å². The van der Waals surface area contributed by atoms with E-state index in [1.807, 2.05) is 19.1 Å². The van der Waals surface area contributed by atoms with Gasteiger partial charge < -0.3 is 10.1 Å². The van der Waals surface area contributed by atoms with Crippen molar-refractivity contribution < 1.29 is 4.74 Å². The Balaban J connectivity index is 2.68. The molecule has 0 bridgehead atoms. The summed E-state index contributed by atoms with van der Waals surface area (Å²) in [5, 5.41) is 4.41. The molecule has 1 aromatic rings. The standard InChI is InChI=1S/C11H15Cl2NO/c1-7(8(2)15-3)14-9-4-5-10(12)11(13)6-9/h4-8,14H,1-3H3. The average molecular weight is 248 g/mol. The van der Waals surface area contributed by atoms with Crippen molar-refractivity contribution in [1.82, 2.24) is 0 Å². The van der Waals surface area contributed by atoms with Gasteiger partial charge in [0, 0.05) is 18.8 Å². The predicted octanol–water partition coefficient (Wildman–Crippen LogP) is 3.83. The minimum Gasteiger partial charge on any atom is -0.380 e. The summed E-state index contributed by atoms with van der Waals surface area (Å²) < 4.78 is 5.22. The lowest BCUT2D eigenvalue weighted by Gasteiger charge is -2.21. The van der Waals surface area contributed by atoms with Crippen LogP contribution >= 0.6 is 23.2 Å². The van der Waals surface area contributed by atoms with Crippen molar-refractivity contribution >= 4 is 28.9 Å². The number of nitrogens with one attached hydrogen (secondary N) is 1. The Morgan fingerprint density at radius 2 is 1.87 bits per heavy atom. The number of methoxy groups -OCH3 is 1. The van der Waals surface area contributed by atoms with Gasteiger partial charge in [0.1, 0.15) is 0 Å². The van der Waals surface area contributed by atoms with E-state index in [0.717, 1.165) is 5.69 Å². The Bertz CT molecular complexity index is 330. The molecule has 0 saturated carbocycles. The molecule has 0 saturated heterocycles. The Morgan fingerprint density at radius 3 is 2.40 bits per heavy atom. The molecule has 0 radical (unpaired) electrons. The molecule has 15 heavy (non-hydrogen) atoms. The summed E-state index contributed by atoms with van der Waals surface area (Å²) in [5.74, 6) is 0. The number of ether oxygens (including phenoxy) is 1. The van der Waals surface area contributed by atoms with E-state index in [9.17, 15) is 0 Å². The van der Waals surface area contributed by atoms with Gasteiger partial charge >= 0.3 is 0 Å². The van der Waals surface area contributed by atoms with Gasteiger partial charge in [-0.05, 0) is 32.0 Å². The fourth-order valence-electron chi connectivity index (χ4n) is 1.17. The van der Waals surface area contributed by atoms with Gasteiger partial charge in [0.25, 0.3) is 0 Å². The molecule has 1 rings (SSSR count). The van der Waals surface area contributed by atoms with Crippen molar-refractivity contribution in [2.45, 2.75) is 26.0 Å². The Hall–Kier alpha value is -0.440. The van der Waals surface area contributed by atoms with Gasteiger partial charge in [0.2, 0.25) is 0 Å². The smallest absolute Gasteiger partial charge is 0.0741 e. The molecule has 0 aromatic heterocycles. The number of hydrogen-bond acceptors (Lipinski definition) is 2. The summed E-state index contributed by atoms with van der Waals surface area (Å²) in [6.45, 7) is 4.06. The minimum absolute atomic E-state index is 0.138. The SMILES string of the molecule is COC(C)C(C)Nc1ccc(Cl)c(Cl)c1. The maximum atomic E-state index is 5.91. The van der Waals surface area contributed by atoms with E-state index in [2.05, 4.69) is 12.2 Å². The molecule has 1 aromatic carbocycles. The number of anilines is 1. The maximum absolute atomic E-state index is 5.91. The highest BCUT2D eigenvalue weighted by Gasteiger charge is 2.10. The van der Waals surface area contributed by atoms with Crippen molar-refractivity contribution in [3.8, 4) is 0 Å². The second-order valence-electron chi connectivity index (χ2n) is 3.50. The number of hydrogen-bond donors (Lipinski definition) is 1. The van der Waals surface area contributed by atoms with Crippen LogP contribution in [0.2, 0.25) is 10.0 Å². The van der Waals surface area contributed by atoms with E-state index in [1.165, 1.54) is 0 Å². The number of halogens is 2. The average Bonchev–Trinajstić information content (AvgIpc) is 2.22. The third kappa shape index (κ3) is 3.56. The van der Waals surface area contributed by atoms with Gasteiger partial charge in [-0.25, -0.2) is 0 Å². The molecule has 0 amide bonds. The summed E-state index contributed by atoms with van der Waals surface area (Å²) >= 11 is 11.7. The van der Waals surface area contributed by atoms with E-state index in [4.69, 9.17) is 27.9 Å². The highest BCUT2D eigenvalue weighted by molar-refractivity contribution is 6.42. The van der Waals surface area contributed by atoms with Gasteiger partial charge in [-0.2, -0.15) is 0 Å². The molecular weight excluding hydrogens is 233 g/mol. The second-order valence-corrected chi connectivity index (χ2v) is 4.32. The summed E-state index contributed by atoms with van der Waals surface area (Å²) in [5.41, 5.74) is 0.945. The van der Waals surface area contributed by atoms with Crippen LogP contribution in [0.25, 0.3) is 0 Å². The van der Waals surface area contributed by atoms with Crippen LogP contribution in [0, 0.1) is 0 Å². The largest absolute Gasteiger partial charge is 0.380 e. The van der Waals surface area contributed by atoms with Crippen LogP contribution in [0.3, 0.4) is 0 Å². The molecule has 0 aliphatic carbocycles. The first-order valence-corrected chi connectivity index (χ1v) is 5.54. The van der Waals surface area contributed by atoms with E-state index in [-0.39, 0.29) is 12.1 Å². The Kier molecular flexibility index (Phi) is 4.71. The lowest BCUT2D eigenvalue weighted by atomic mass is 10.2. The molecular formula is C11H15Cl2NO. The summed E-state index contributed by atoms with van der Waals surface area (Å²) in [7, 11) is 1.69. The summed E-state index contributed by atoms with van der Waals surface area (Å²) in [6, 6.07) is 5.69. The van der Waals surface area contributed by atoms with Crippen LogP contribution < -0.4 is 5.32 Å². The van der Waals surface area contributed by atoms with Crippen molar-refractivity contribution in [1.29, 1.82) is 0 Å². The fraction of sp³-hybridized carbons (Fsp3) is 0.455. The molecule has 4 heteroatoms. The molecule has 2 atom stereocenters. The molecule has 1 N–H and O–H groups in total. The number of benzene rings is 1. The lowest BCUT2D eigenvalue weighted by molar-refractivity contribution is 0.106. The number of rotatable bonds is 4. The zero-order valence-corrected chi connectivity index (χ0v) is 10.6. The fourth-order valence-corrected chi connectivity index (χ4v) is 1.47. The molecule has 0 fully saturated rings. The first-order valence-electron chi connectivity index (χ1n) is 4.79. The topological polar surface area (TPSA) is 21.3 Å². The zero-order chi connectivity index (χ0) is 11.4. The summed E-state index contributed by atoms with van der Waals surface area (Å²) in [6.07, 6.45) is 0.138. The van der Waals surface area contributed by atoms with Crippen molar-refractivity contribution in [3.63, 3.8) is 0 Å². The highest BCUT2D eigenvalue weighted by Crippen LogP contribution is 2.25. The first-order chi connectivity index (χ1) is 7.04. The van der Waals surface area contributed by atoms with Gasteiger partial charge in [-0.15, -0.1) is 0 Å². The molecule has 0 spiro atoms. The van der Waals surface area contributed by atoms with Crippen LogP contribution in [-0.2, 0) is 4.74 Å². The van der Waals surface area contributed by atoms with Gasteiger partial charge in [-0.3, -0.25) is 0 Å². The van der Waals surface area contributed by atoms with Crippen molar-refractivity contribution in [2.75, 3.05) is 12.4 Å². The van der Waals surface area contributed by atoms with E-state index < -0.39 is 0 Å².